The van der Waals surface area contributed by atoms with Crippen LogP contribution in [0.4, 0.5) is 5.69 Å². The molecule has 1 aromatic rings. The standard InChI is InChI=1S/C18H24N2O5S/c1-12-15(20-13-4-6-14(7-5-13)26(23,24)25)8-9-18(2,3)10-16(12)19-11-17(21)22/h4-7,20H,8-11H2,1-3H3,(H,21,22)(H,23,24,25). The fraction of sp³-hybridized carbons (Fsp3) is 0.444. The average Bonchev–Trinajstić information content (AvgIpc) is 2.63. The van der Waals surface area contributed by atoms with E-state index in [9.17, 15) is 13.2 Å². The molecule has 3 N–H and O–H groups in total. The third-order valence-electron chi connectivity index (χ3n) is 4.44. The van der Waals surface area contributed by atoms with Gasteiger partial charge in [0.05, 0.1) is 4.90 Å². The number of nitrogens with zero attached hydrogens (tertiary/aromatic N) is 1. The van der Waals surface area contributed by atoms with E-state index in [1.165, 1.54) is 12.1 Å². The van der Waals surface area contributed by atoms with Crippen LogP contribution >= 0.6 is 0 Å². The molecule has 0 amide bonds. The van der Waals surface area contributed by atoms with E-state index in [1.807, 2.05) is 6.92 Å². The molecule has 7 nitrogen and oxygen atoms in total. The van der Waals surface area contributed by atoms with Gasteiger partial charge in [0.25, 0.3) is 10.1 Å². The lowest BCUT2D eigenvalue weighted by Crippen LogP contribution is -2.17. The second kappa shape index (κ2) is 7.59. The van der Waals surface area contributed by atoms with Gasteiger partial charge in [-0.3, -0.25) is 14.3 Å². The lowest BCUT2D eigenvalue weighted by atomic mass is 9.83. The molecule has 0 bridgehead atoms. The van der Waals surface area contributed by atoms with Gasteiger partial charge in [-0.15, -0.1) is 0 Å². The fourth-order valence-electron chi connectivity index (χ4n) is 2.88. The minimum absolute atomic E-state index is 0.00312. The van der Waals surface area contributed by atoms with Crippen LogP contribution in [0.1, 0.15) is 40.0 Å². The first-order chi connectivity index (χ1) is 12.0. The number of aliphatic carboxylic acids is 1. The second-order valence-corrected chi connectivity index (χ2v) is 8.65. The number of carboxylic acids is 1. The van der Waals surface area contributed by atoms with Crippen LogP contribution in [0.15, 0.2) is 45.4 Å². The molecule has 0 aromatic heterocycles. The highest BCUT2D eigenvalue weighted by Crippen LogP contribution is 2.35. The highest BCUT2D eigenvalue weighted by Gasteiger charge is 2.27. The molecular formula is C18H24N2O5S. The van der Waals surface area contributed by atoms with E-state index < -0.39 is 16.1 Å². The second-order valence-electron chi connectivity index (χ2n) is 7.23. The summed E-state index contributed by atoms with van der Waals surface area (Å²) in [5.41, 5.74) is 3.29. The smallest absolute Gasteiger partial charge is 0.325 e. The number of rotatable bonds is 5. The summed E-state index contributed by atoms with van der Waals surface area (Å²) < 4.78 is 31.3. The minimum atomic E-state index is -4.22. The van der Waals surface area contributed by atoms with Crippen molar-refractivity contribution in [3.8, 4) is 0 Å². The Morgan fingerprint density at radius 2 is 1.88 bits per heavy atom. The molecule has 0 aliphatic heterocycles. The Bertz CT molecular complexity index is 852. The Balaban J connectivity index is 2.31. The molecule has 8 heteroatoms. The number of allylic oxidation sites excluding steroid dienone is 2. The molecule has 0 heterocycles. The predicted octanol–water partition coefficient (Wildman–Crippen LogP) is 3.35. The van der Waals surface area contributed by atoms with E-state index in [0.29, 0.717) is 12.1 Å². The van der Waals surface area contributed by atoms with Crippen LogP contribution < -0.4 is 5.32 Å². The number of anilines is 1. The maximum Gasteiger partial charge on any atom is 0.325 e. The molecule has 2 rings (SSSR count). The maximum absolute atomic E-state index is 11.1. The fourth-order valence-corrected chi connectivity index (χ4v) is 3.36. The average molecular weight is 380 g/mol. The summed E-state index contributed by atoms with van der Waals surface area (Å²) in [5.74, 6) is -0.970. The highest BCUT2D eigenvalue weighted by atomic mass is 32.2. The van der Waals surface area contributed by atoms with E-state index in [4.69, 9.17) is 9.66 Å². The van der Waals surface area contributed by atoms with Crippen molar-refractivity contribution in [1.29, 1.82) is 0 Å². The Morgan fingerprint density at radius 1 is 1.27 bits per heavy atom. The normalized spacial score (nSPS) is 19.3. The Labute approximate surface area is 153 Å². The first-order valence-electron chi connectivity index (χ1n) is 8.28. The maximum atomic E-state index is 11.1. The van der Waals surface area contributed by atoms with Gasteiger partial charge >= 0.3 is 5.97 Å². The topological polar surface area (TPSA) is 116 Å². The Hall–Kier alpha value is -2.19. The third-order valence-corrected chi connectivity index (χ3v) is 5.30. The van der Waals surface area contributed by atoms with Crippen molar-refractivity contribution in [3.63, 3.8) is 0 Å². The van der Waals surface area contributed by atoms with E-state index in [1.54, 1.807) is 12.1 Å². The van der Waals surface area contributed by atoms with E-state index in [0.717, 1.165) is 29.8 Å². The largest absolute Gasteiger partial charge is 0.480 e. The van der Waals surface area contributed by atoms with Crippen LogP contribution in [0.2, 0.25) is 0 Å². The summed E-state index contributed by atoms with van der Waals surface area (Å²) in [7, 11) is -4.22. The lowest BCUT2D eigenvalue weighted by molar-refractivity contribution is -0.135. The molecule has 142 valence electrons. The van der Waals surface area contributed by atoms with Gasteiger partial charge < -0.3 is 10.4 Å². The molecular weight excluding hydrogens is 356 g/mol. The molecule has 0 saturated carbocycles. The SMILES string of the molecule is CC1=C(Nc2ccc(S(=O)(=O)O)cc2)CCC(C)(C)CC1=NCC(=O)O. The van der Waals surface area contributed by atoms with Crippen molar-refractivity contribution in [2.24, 2.45) is 10.4 Å². The zero-order valence-electron chi connectivity index (χ0n) is 15.1. The van der Waals surface area contributed by atoms with Crippen molar-refractivity contribution >= 4 is 27.5 Å². The Kier molecular flexibility index (Phi) is 5.87. The van der Waals surface area contributed by atoms with Gasteiger partial charge in [0.15, 0.2) is 0 Å². The van der Waals surface area contributed by atoms with Crippen LogP contribution in [0.25, 0.3) is 0 Å². The molecule has 1 aliphatic carbocycles. The van der Waals surface area contributed by atoms with Crippen molar-refractivity contribution < 1.29 is 22.9 Å². The Morgan fingerprint density at radius 3 is 2.42 bits per heavy atom. The summed E-state index contributed by atoms with van der Waals surface area (Å²) in [6, 6.07) is 5.81. The predicted molar refractivity (Wildman–Crippen MR) is 100 cm³/mol. The van der Waals surface area contributed by atoms with Crippen LogP contribution in [-0.2, 0) is 14.9 Å². The molecule has 0 unspecified atom stereocenters. The number of hydrogen-bond donors (Lipinski definition) is 3. The summed E-state index contributed by atoms with van der Waals surface area (Å²) in [5, 5.41) is 12.2. The van der Waals surface area contributed by atoms with Gasteiger partial charge in [-0.1, -0.05) is 13.8 Å². The van der Waals surface area contributed by atoms with Crippen LogP contribution in [0.5, 0.6) is 0 Å². The minimum Gasteiger partial charge on any atom is -0.480 e. The number of aliphatic imine (C=N–C) groups is 1. The first kappa shape index (κ1) is 20.1. The van der Waals surface area contributed by atoms with Crippen molar-refractivity contribution in [2.75, 3.05) is 11.9 Å². The number of nitrogens with one attached hydrogen (secondary N) is 1. The van der Waals surface area contributed by atoms with Gasteiger partial charge in [-0.05, 0) is 61.4 Å². The molecule has 26 heavy (non-hydrogen) atoms. The number of hydrogen-bond acceptors (Lipinski definition) is 5. The van der Waals surface area contributed by atoms with Gasteiger partial charge in [-0.25, -0.2) is 0 Å². The molecule has 0 radical (unpaired) electrons. The van der Waals surface area contributed by atoms with Crippen molar-refractivity contribution in [3.05, 3.63) is 35.5 Å². The van der Waals surface area contributed by atoms with Gasteiger partial charge in [-0.2, -0.15) is 8.42 Å². The van der Waals surface area contributed by atoms with Crippen molar-refractivity contribution in [1.82, 2.24) is 0 Å². The quantitative estimate of drug-likeness (QED) is 0.675. The van der Waals surface area contributed by atoms with Gasteiger partial charge in [0, 0.05) is 17.1 Å². The van der Waals surface area contributed by atoms with Gasteiger partial charge in [0.2, 0.25) is 0 Å². The van der Waals surface area contributed by atoms with E-state index in [2.05, 4.69) is 24.2 Å². The molecule has 1 aromatic carbocycles. The number of carboxylic acid groups (broad SMARTS) is 1. The molecule has 1 aliphatic rings. The summed E-state index contributed by atoms with van der Waals surface area (Å²) in [4.78, 5) is 15.0. The zero-order chi connectivity index (χ0) is 19.5. The van der Waals surface area contributed by atoms with E-state index >= 15 is 0 Å². The van der Waals surface area contributed by atoms with Crippen LogP contribution in [-0.4, -0.2) is 36.3 Å². The highest BCUT2D eigenvalue weighted by molar-refractivity contribution is 7.85. The summed E-state index contributed by atoms with van der Waals surface area (Å²) in [6.45, 7) is 5.90. The monoisotopic (exact) mass is 380 g/mol. The molecule has 0 saturated heterocycles. The van der Waals surface area contributed by atoms with Gasteiger partial charge in [0.1, 0.15) is 6.54 Å². The zero-order valence-corrected chi connectivity index (χ0v) is 15.9. The van der Waals surface area contributed by atoms with Crippen LogP contribution in [0, 0.1) is 5.41 Å². The molecule has 0 fully saturated rings. The first-order valence-corrected chi connectivity index (χ1v) is 9.72. The summed E-state index contributed by atoms with van der Waals surface area (Å²) >= 11 is 0. The van der Waals surface area contributed by atoms with Crippen molar-refractivity contribution in [2.45, 2.75) is 44.9 Å². The summed E-state index contributed by atoms with van der Waals surface area (Å²) in [6.07, 6.45) is 2.37. The molecule has 0 atom stereocenters. The third kappa shape index (κ3) is 5.40. The number of benzene rings is 1. The lowest BCUT2D eigenvalue weighted by Gasteiger charge is -2.22. The number of carbonyl (C=O) groups is 1. The van der Waals surface area contributed by atoms with Crippen LogP contribution in [0.3, 0.4) is 0 Å². The molecule has 0 spiro atoms. The van der Waals surface area contributed by atoms with E-state index in [-0.39, 0.29) is 16.9 Å².